The Kier molecular flexibility index (Phi) is 5.48. The van der Waals surface area contributed by atoms with Gasteiger partial charge >= 0.3 is 0 Å². The summed E-state index contributed by atoms with van der Waals surface area (Å²) in [5.41, 5.74) is 1.20. The van der Waals surface area contributed by atoms with Gasteiger partial charge in [0.2, 0.25) is 0 Å². The van der Waals surface area contributed by atoms with Crippen molar-refractivity contribution in [2.24, 2.45) is 0 Å². The Morgan fingerprint density at radius 3 is 2.89 bits per heavy atom. The highest BCUT2D eigenvalue weighted by atomic mass is 35.5. The molecule has 0 saturated carbocycles. The third kappa shape index (κ3) is 3.98. The van der Waals surface area contributed by atoms with Crippen LogP contribution in [0.25, 0.3) is 0 Å². The summed E-state index contributed by atoms with van der Waals surface area (Å²) in [4.78, 5) is 2.54. The summed E-state index contributed by atoms with van der Waals surface area (Å²) in [6.45, 7) is 6.78. The number of likely N-dealkylation sites (tertiary alicyclic amines) is 1. The van der Waals surface area contributed by atoms with Crippen LogP contribution in [0.3, 0.4) is 0 Å². The van der Waals surface area contributed by atoms with Gasteiger partial charge in [0.15, 0.2) is 0 Å². The normalized spacial score (nSPS) is 21.8. The maximum absolute atomic E-state index is 6.17. The zero-order chi connectivity index (χ0) is 12.8. The molecule has 1 unspecified atom stereocenters. The van der Waals surface area contributed by atoms with Gasteiger partial charge in [0.1, 0.15) is 0 Å². The Balaban J connectivity index is 1.82. The van der Waals surface area contributed by atoms with Crippen molar-refractivity contribution in [1.29, 1.82) is 0 Å². The molecule has 2 nitrogen and oxygen atoms in total. The lowest BCUT2D eigenvalue weighted by molar-refractivity contribution is 0.297. The van der Waals surface area contributed by atoms with E-state index in [0.29, 0.717) is 6.04 Å². The minimum atomic E-state index is 0.637. The van der Waals surface area contributed by atoms with Gasteiger partial charge in [-0.2, -0.15) is 0 Å². The zero-order valence-electron chi connectivity index (χ0n) is 11.2. The van der Waals surface area contributed by atoms with Crippen molar-refractivity contribution < 1.29 is 0 Å². The van der Waals surface area contributed by atoms with Crippen LogP contribution in [0.2, 0.25) is 5.02 Å². The Bertz CT molecular complexity index is 367. The summed E-state index contributed by atoms with van der Waals surface area (Å²) in [7, 11) is 0. The lowest BCUT2D eigenvalue weighted by Gasteiger charge is -2.18. The van der Waals surface area contributed by atoms with Crippen LogP contribution in [0, 0.1) is 0 Å². The van der Waals surface area contributed by atoms with E-state index < -0.39 is 0 Å². The third-order valence-corrected chi connectivity index (χ3v) is 4.18. The second kappa shape index (κ2) is 7.13. The predicted octanol–water partition coefficient (Wildman–Crippen LogP) is 3.30. The summed E-state index contributed by atoms with van der Waals surface area (Å²) in [5.74, 6) is 0. The molecule has 1 atom stereocenters. The summed E-state index contributed by atoms with van der Waals surface area (Å²) < 4.78 is 0. The van der Waals surface area contributed by atoms with Gasteiger partial charge in [0, 0.05) is 17.6 Å². The fourth-order valence-electron chi connectivity index (χ4n) is 2.57. The van der Waals surface area contributed by atoms with Crippen LogP contribution in [0.15, 0.2) is 24.3 Å². The Labute approximate surface area is 115 Å². The number of hydrogen-bond acceptors (Lipinski definition) is 2. The highest BCUT2D eigenvalue weighted by Crippen LogP contribution is 2.16. The maximum Gasteiger partial charge on any atom is 0.0450 e. The summed E-state index contributed by atoms with van der Waals surface area (Å²) in [6, 6.07) is 8.73. The van der Waals surface area contributed by atoms with Gasteiger partial charge in [0.25, 0.3) is 0 Å². The molecule has 1 N–H and O–H groups in total. The van der Waals surface area contributed by atoms with Crippen LogP contribution < -0.4 is 5.32 Å². The number of rotatable bonds is 4. The fraction of sp³-hybridized carbons (Fsp3) is 0.600. The highest BCUT2D eigenvalue weighted by molar-refractivity contribution is 6.31. The van der Waals surface area contributed by atoms with E-state index in [1.54, 1.807) is 0 Å². The average molecular weight is 267 g/mol. The largest absolute Gasteiger partial charge is 0.310 e. The van der Waals surface area contributed by atoms with Crippen LogP contribution in [0.5, 0.6) is 0 Å². The highest BCUT2D eigenvalue weighted by Gasteiger charge is 2.15. The van der Waals surface area contributed by atoms with Crippen LogP contribution in [-0.2, 0) is 6.54 Å². The molecule has 3 heteroatoms. The number of benzene rings is 1. The molecule has 1 aromatic carbocycles. The van der Waals surface area contributed by atoms with E-state index in [2.05, 4.69) is 29.3 Å². The van der Waals surface area contributed by atoms with Crippen molar-refractivity contribution in [3.05, 3.63) is 34.9 Å². The molecule has 0 bridgehead atoms. The molecule has 1 fully saturated rings. The van der Waals surface area contributed by atoms with Crippen LogP contribution in [0.4, 0.5) is 0 Å². The van der Waals surface area contributed by atoms with Gasteiger partial charge in [-0.05, 0) is 50.5 Å². The topological polar surface area (TPSA) is 15.3 Å². The maximum atomic E-state index is 6.17. The molecule has 2 rings (SSSR count). The zero-order valence-corrected chi connectivity index (χ0v) is 11.9. The monoisotopic (exact) mass is 266 g/mol. The van der Waals surface area contributed by atoms with Crippen LogP contribution in [-0.4, -0.2) is 30.6 Å². The SMILES string of the molecule is CCN1CCCC(NCc2ccccc2Cl)CC1. The predicted molar refractivity (Wildman–Crippen MR) is 78.0 cm³/mol. The molecule has 100 valence electrons. The van der Waals surface area contributed by atoms with E-state index in [1.165, 1.54) is 44.5 Å². The third-order valence-electron chi connectivity index (χ3n) is 3.81. The first kappa shape index (κ1) is 13.9. The van der Waals surface area contributed by atoms with Gasteiger partial charge in [-0.1, -0.05) is 36.7 Å². The number of nitrogens with one attached hydrogen (secondary N) is 1. The van der Waals surface area contributed by atoms with Gasteiger partial charge in [-0.15, -0.1) is 0 Å². The lowest BCUT2D eigenvalue weighted by atomic mass is 10.1. The minimum Gasteiger partial charge on any atom is -0.310 e. The first-order valence-electron chi connectivity index (χ1n) is 6.98. The van der Waals surface area contributed by atoms with Gasteiger partial charge < -0.3 is 10.2 Å². The van der Waals surface area contributed by atoms with Crippen molar-refractivity contribution in [2.75, 3.05) is 19.6 Å². The standard InChI is InChI=1S/C15H23ClN2/c1-2-18-10-5-7-14(9-11-18)17-12-13-6-3-4-8-15(13)16/h3-4,6,8,14,17H,2,5,7,9-12H2,1H3. The van der Waals surface area contributed by atoms with E-state index >= 15 is 0 Å². The average Bonchev–Trinajstić information content (AvgIpc) is 2.63. The van der Waals surface area contributed by atoms with E-state index in [0.717, 1.165) is 11.6 Å². The first-order chi connectivity index (χ1) is 8.79. The van der Waals surface area contributed by atoms with E-state index in [4.69, 9.17) is 11.6 Å². The molecule has 1 heterocycles. The van der Waals surface area contributed by atoms with E-state index in [-0.39, 0.29) is 0 Å². The smallest absolute Gasteiger partial charge is 0.0450 e. The second-order valence-electron chi connectivity index (χ2n) is 5.03. The summed E-state index contributed by atoms with van der Waals surface area (Å²) in [5, 5.41) is 4.52. The molecule has 0 spiro atoms. The molecular weight excluding hydrogens is 244 g/mol. The van der Waals surface area contributed by atoms with Crippen molar-refractivity contribution in [2.45, 2.75) is 38.8 Å². The van der Waals surface area contributed by atoms with Crippen molar-refractivity contribution in [1.82, 2.24) is 10.2 Å². The lowest BCUT2D eigenvalue weighted by Crippen LogP contribution is -2.30. The molecule has 0 radical (unpaired) electrons. The Morgan fingerprint density at radius 1 is 1.28 bits per heavy atom. The van der Waals surface area contributed by atoms with Crippen LogP contribution in [0.1, 0.15) is 31.7 Å². The fourth-order valence-corrected chi connectivity index (χ4v) is 2.77. The first-order valence-corrected chi connectivity index (χ1v) is 7.36. The Hall–Kier alpha value is -0.570. The van der Waals surface area contributed by atoms with Crippen LogP contribution >= 0.6 is 11.6 Å². The van der Waals surface area contributed by atoms with Crippen molar-refractivity contribution in [3.8, 4) is 0 Å². The molecule has 1 aliphatic rings. The van der Waals surface area contributed by atoms with Gasteiger partial charge in [0.05, 0.1) is 0 Å². The molecule has 1 saturated heterocycles. The number of hydrogen-bond donors (Lipinski definition) is 1. The second-order valence-corrected chi connectivity index (χ2v) is 5.44. The molecule has 0 aromatic heterocycles. The van der Waals surface area contributed by atoms with Gasteiger partial charge in [-0.3, -0.25) is 0 Å². The molecular formula is C15H23ClN2. The molecule has 18 heavy (non-hydrogen) atoms. The molecule has 0 amide bonds. The minimum absolute atomic E-state index is 0.637. The van der Waals surface area contributed by atoms with E-state index in [9.17, 15) is 0 Å². The van der Waals surface area contributed by atoms with Crippen molar-refractivity contribution in [3.63, 3.8) is 0 Å². The molecule has 0 aliphatic carbocycles. The quantitative estimate of drug-likeness (QED) is 0.900. The molecule has 1 aliphatic heterocycles. The summed E-state index contributed by atoms with van der Waals surface area (Å²) >= 11 is 6.17. The number of halogens is 1. The van der Waals surface area contributed by atoms with Gasteiger partial charge in [-0.25, -0.2) is 0 Å². The van der Waals surface area contributed by atoms with E-state index in [1.807, 2.05) is 12.1 Å². The summed E-state index contributed by atoms with van der Waals surface area (Å²) in [6.07, 6.45) is 3.83. The number of nitrogens with zero attached hydrogens (tertiary/aromatic N) is 1. The van der Waals surface area contributed by atoms with Crippen molar-refractivity contribution >= 4 is 11.6 Å². The molecule has 1 aromatic rings. The Morgan fingerprint density at radius 2 is 2.11 bits per heavy atom.